The minimum atomic E-state index is -1.46. The first kappa shape index (κ1) is 11.8. The number of carboxylic acid groups (broad SMARTS) is 1. The molecule has 18 heavy (non-hydrogen) atoms. The summed E-state index contributed by atoms with van der Waals surface area (Å²) in [6.45, 7) is 1.60. The molecule has 6 nitrogen and oxygen atoms in total. The SMILES string of the molecule is Cc1cc(O)c(C(=O)O)c(=O)n1-c1ccncc1. The van der Waals surface area contributed by atoms with E-state index in [1.807, 2.05) is 0 Å². The highest BCUT2D eigenvalue weighted by molar-refractivity contribution is 5.90. The van der Waals surface area contributed by atoms with Gasteiger partial charge in [-0.1, -0.05) is 0 Å². The Bertz CT molecular complexity index is 662. The van der Waals surface area contributed by atoms with Crippen molar-refractivity contribution < 1.29 is 15.0 Å². The fourth-order valence-electron chi connectivity index (χ4n) is 1.73. The van der Waals surface area contributed by atoms with Crippen LogP contribution >= 0.6 is 0 Å². The van der Waals surface area contributed by atoms with Gasteiger partial charge in [0.2, 0.25) is 0 Å². The molecule has 2 heterocycles. The molecule has 0 saturated heterocycles. The smallest absolute Gasteiger partial charge is 0.345 e. The number of hydrogen-bond acceptors (Lipinski definition) is 4. The van der Waals surface area contributed by atoms with Gasteiger partial charge in [0, 0.05) is 24.2 Å². The van der Waals surface area contributed by atoms with Crippen molar-refractivity contribution in [2.75, 3.05) is 0 Å². The molecule has 0 aliphatic rings. The minimum absolute atomic E-state index is 0.439. The third-order valence-electron chi connectivity index (χ3n) is 2.51. The van der Waals surface area contributed by atoms with E-state index in [1.165, 1.54) is 23.0 Å². The van der Waals surface area contributed by atoms with Crippen molar-refractivity contribution in [3.63, 3.8) is 0 Å². The van der Waals surface area contributed by atoms with Gasteiger partial charge in [-0.2, -0.15) is 0 Å². The molecule has 92 valence electrons. The van der Waals surface area contributed by atoms with E-state index in [9.17, 15) is 14.7 Å². The van der Waals surface area contributed by atoms with E-state index in [1.54, 1.807) is 19.1 Å². The topological polar surface area (TPSA) is 92.4 Å². The van der Waals surface area contributed by atoms with E-state index in [-0.39, 0.29) is 0 Å². The van der Waals surface area contributed by atoms with Crippen LogP contribution in [-0.4, -0.2) is 25.7 Å². The maximum atomic E-state index is 12.1. The second kappa shape index (κ2) is 4.33. The maximum Gasteiger partial charge on any atom is 0.345 e. The van der Waals surface area contributed by atoms with E-state index in [4.69, 9.17) is 5.11 Å². The molecule has 0 atom stereocenters. The van der Waals surface area contributed by atoms with Gasteiger partial charge in [0.25, 0.3) is 5.56 Å². The quantitative estimate of drug-likeness (QED) is 0.822. The molecule has 6 heteroatoms. The minimum Gasteiger partial charge on any atom is -0.507 e. The summed E-state index contributed by atoms with van der Waals surface area (Å²) in [6, 6.07) is 4.40. The number of hydrogen-bond donors (Lipinski definition) is 2. The Morgan fingerprint density at radius 1 is 1.33 bits per heavy atom. The molecule has 0 amide bonds. The Morgan fingerprint density at radius 3 is 2.50 bits per heavy atom. The fourth-order valence-corrected chi connectivity index (χ4v) is 1.73. The summed E-state index contributed by atoms with van der Waals surface area (Å²) < 4.78 is 1.21. The fraction of sp³-hybridized carbons (Fsp3) is 0.0833. The van der Waals surface area contributed by atoms with Gasteiger partial charge in [-0.3, -0.25) is 14.3 Å². The third kappa shape index (κ3) is 1.84. The van der Waals surface area contributed by atoms with Gasteiger partial charge in [0.1, 0.15) is 5.75 Å². The monoisotopic (exact) mass is 246 g/mol. The lowest BCUT2D eigenvalue weighted by Gasteiger charge is -2.11. The number of aromatic carboxylic acids is 1. The molecular formula is C12H10N2O4. The zero-order valence-corrected chi connectivity index (χ0v) is 9.49. The predicted molar refractivity (Wildman–Crippen MR) is 63.2 cm³/mol. The highest BCUT2D eigenvalue weighted by atomic mass is 16.4. The normalized spacial score (nSPS) is 10.3. The molecule has 0 fully saturated rings. The maximum absolute atomic E-state index is 12.1. The van der Waals surface area contributed by atoms with Crippen LogP contribution in [-0.2, 0) is 0 Å². The Labute approximate surface area is 102 Å². The number of carboxylic acids is 1. The molecule has 2 aromatic rings. The van der Waals surface area contributed by atoms with Gasteiger partial charge in [0.15, 0.2) is 5.56 Å². The first-order valence-corrected chi connectivity index (χ1v) is 5.11. The summed E-state index contributed by atoms with van der Waals surface area (Å²) in [7, 11) is 0. The number of nitrogens with zero attached hydrogens (tertiary/aromatic N) is 2. The van der Waals surface area contributed by atoms with Crippen molar-refractivity contribution in [3.8, 4) is 11.4 Å². The molecule has 0 spiro atoms. The van der Waals surface area contributed by atoms with Crippen LogP contribution in [0.25, 0.3) is 5.69 Å². The highest BCUT2D eigenvalue weighted by Gasteiger charge is 2.19. The first-order chi connectivity index (χ1) is 8.52. The second-order valence-electron chi connectivity index (χ2n) is 3.70. The lowest BCUT2D eigenvalue weighted by atomic mass is 10.2. The predicted octanol–water partition coefficient (Wildman–Crippen LogP) is 0.945. The molecule has 2 N–H and O–H groups in total. The van der Waals surface area contributed by atoms with Crippen molar-refractivity contribution >= 4 is 5.97 Å². The van der Waals surface area contributed by atoms with Crippen molar-refractivity contribution in [2.24, 2.45) is 0 Å². The number of aromatic nitrogens is 2. The lowest BCUT2D eigenvalue weighted by molar-refractivity contribution is 0.0691. The summed E-state index contributed by atoms with van der Waals surface area (Å²) in [5, 5.41) is 18.4. The van der Waals surface area contributed by atoms with Crippen molar-refractivity contribution in [2.45, 2.75) is 6.92 Å². The van der Waals surface area contributed by atoms with Crippen LogP contribution in [0.4, 0.5) is 0 Å². The molecule has 0 aliphatic carbocycles. The molecule has 0 unspecified atom stereocenters. The molecular weight excluding hydrogens is 236 g/mol. The van der Waals surface area contributed by atoms with Gasteiger partial charge in [-0.05, 0) is 19.1 Å². The zero-order valence-electron chi connectivity index (χ0n) is 9.49. The third-order valence-corrected chi connectivity index (χ3v) is 2.51. The summed E-state index contributed by atoms with van der Waals surface area (Å²) >= 11 is 0. The summed E-state index contributed by atoms with van der Waals surface area (Å²) in [6.07, 6.45) is 2.99. The van der Waals surface area contributed by atoms with Crippen LogP contribution in [0.5, 0.6) is 5.75 Å². The van der Waals surface area contributed by atoms with Crippen LogP contribution in [0.15, 0.2) is 35.4 Å². The zero-order chi connectivity index (χ0) is 13.3. The van der Waals surface area contributed by atoms with Crippen molar-refractivity contribution in [3.05, 3.63) is 52.2 Å². The summed E-state index contributed by atoms with van der Waals surface area (Å²) in [4.78, 5) is 26.8. The summed E-state index contributed by atoms with van der Waals surface area (Å²) in [5.74, 6) is -1.99. The van der Waals surface area contributed by atoms with Crippen LogP contribution in [0.2, 0.25) is 0 Å². The molecule has 0 aromatic carbocycles. The van der Waals surface area contributed by atoms with Crippen molar-refractivity contribution in [1.29, 1.82) is 0 Å². The van der Waals surface area contributed by atoms with E-state index >= 15 is 0 Å². The van der Waals surface area contributed by atoms with Crippen LogP contribution in [0.3, 0.4) is 0 Å². The average molecular weight is 246 g/mol. The number of pyridine rings is 2. The van der Waals surface area contributed by atoms with Gasteiger partial charge < -0.3 is 10.2 Å². The molecule has 0 radical (unpaired) electrons. The Morgan fingerprint density at radius 2 is 1.94 bits per heavy atom. The summed E-state index contributed by atoms with van der Waals surface area (Å²) in [5.41, 5.74) is -0.479. The van der Waals surface area contributed by atoms with Crippen LogP contribution in [0.1, 0.15) is 16.1 Å². The van der Waals surface area contributed by atoms with Crippen LogP contribution in [0, 0.1) is 6.92 Å². The van der Waals surface area contributed by atoms with Crippen LogP contribution < -0.4 is 5.56 Å². The Hall–Kier alpha value is -2.63. The first-order valence-electron chi connectivity index (χ1n) is 5.11. The molecule has 2 rings (SSSR count). The van der Waals surface area contributed by atoms with Gasteiger partial charge in [-0.25, -0.2) is 4.79 Å². The van der Waals surface area contributed by atoms with E-state index in [0.717, 1.165) is 0 Å². The number of rotatable bonds is 2. The highest BCUT2D eigenvalue weighted by Crippen LogP contribution is 2.17. The molecule has 0 aliphatic heterocycles. The number of aromatic hydroxyl groups is 1. The number of carbonyl (C=O) groups is 1. The molecule has 0 saturated carbocycles. The largest absolute Gasteiger partial charge is 0.507 e. The number of aryl methyl sites for hydroxylation is 1. The standard InChI is InChI=1S/C12H10N2O4/c1-7-6-9(15)10(12(17)18)11(16)14(7)8-2-4-13-5-3-8/h2-6,15H,1H3,(H,17,18). The van der Waals surface area contributed by atoms with E-state index < -0.39 is 22.8 Å². The lowest BCUT2D eigenvalue weighted by Crippen LogP contribution is -2.26. The Balaban J connectivity index is 2.81. The van der Waals surface area contributed by atoms with Gasteiger partial charge in [-0.15, -0.1) is 0 Å². The van der Waals surface area contributed by atoms with E-state index in [0.29, 0.717) is 11.4 Å². The second-order valence-corrected chi connectivity index (χ2v) is 3.70. The van der Waals surface area contributed by atoms with Gasteiger partial charge >= 0.3 is 5.97 Å². The Kier molecular flexibility index (Phi) is 2.85. The van der Waals surface area contributed by atoms with E-state index in [2.05, 4.69) is 4.98 Å². The molecule has 0 bridgehead atoms. The molecule has 2 aromatic heterocycles. The van der Waals surface area contributed by atoms with Crippen molar-refractivity contribution in [1.82, 2.24) is 9.55 Å². The average Bonchev–Trinajstić information content (AvgIpc) is 2.28. The van der Waals surface area contributed by atoms with Gasteiger partial charge in [0.05, 0.1) is 5.69 Å².